The lowest BCUT2D eigenvalue weighted by Crippen LogP contribution is -2.54. The number of carboxylic acids is 1. The molecule has 104 valence electrons. The highest BCUT2D eigenvalue weighted by molar-refractivity contribution is 5.85. The Morgan fingerprint density at radius 2 is 1.83 bits per heavy atom. The lowest BCUT2D eigenvalue weighted by Gasteiger charge is -2.27. The molecule has 3 amide bonds. The average Bonchev–Trinajstić information content (AvgIpc) is 2.26. The summed E-state index contributed by atoms with van der Waals surface area (Å²) in [5, 5.41) is 13.7. The average molecular weight is 259 g/mol. The fourth-order valence-electron chi connectivity index (χ4n) is 1.24. The highest BCUT2D eigenvalue weighted by Crippen LogP contribution is 2.04. The van der Waals surface area contributed by atoms with Crippen LogP contribution in [-0.4, -0.2) is 54.1 Å². The molecule has 7 nitrogen and oxygen atoms in total. The molecule has 0 aliphatic heterocycles. The van der Waals surface area contributed by atoms with Crippen molar-refractivity contribution < 1.29 is 19.5 Å². The van der Waals surface area contributed by atoms with Crippen LogP contribution in [0.3, 0.4) is 0 Å². The van der Waals surface area contributed by atoms with E-state index in [1.165, 1.54) is 32.8 Å². The second-order valence-electron chi connectivity index (χ2n) is 4.76. The van der Waals surface area contributed by atoms with Gasteiger partial charge in [-0.1, -0.05) is 6.92 Å². The molecular formula is C11H21N3O4. The lowest BCUT2D eigenvalue weighted by atomic mass is 10.1. The van der Waals surface area contributed by atoms with E-state index in [1.807, 2.05) is 0 Å². The maximum absolute atomic E-state index is 11.7. The zero-order valence-corrected chi connectivity index (χ0v) is 11.4. The third-order valence-electron chi connectivity index (χ3n) is 2.54. The van der Waals surface area contributed by atoms with Crippen LogP contribution >= 0.6 is 0 Å². The van der Waals surface area contributed by atoms with Crippen LogP contribution in [0.5, 0.6) is 0 Å². The fraction of sp³-hybridized carbons (Fsp3) is 0.727. The molecule has 0 fully saturated rings. The quantitative estimate of drug-likeness (QED) is 0.640. The molecule has 0 aromatic carbocycles. The van der Waals surface area contributed by atoms with Gasteiger partial charge < -0.3 is 20.6 Å². The SMILES string of the molecule is CNC(=O)C(C)CN(C)C(=O)NC(C)(C)C(=O)O. The summed E-state index contributed by atoms with van der Waals surface area (Å²) in [5.74, 6) is -1.66. The van der Waals surface area contributed by atoms with E-state index in [0.29, 0.717) is 0 Å². The van der Waals surface area contributed by atoms with E-state index in [4.69, 9.17) is 5.11 Å². The molecule has 0 bridgehead atoms. The summed E-state index contributed by atoms with van der Waals surface area (Å²) in [4.78, 5) is 35.2. The summed E-state index contributed by atoms with van der Waals surface area (Å²) in [6, 6.07) is -0.529. The molecule has 1 atom stereocenters. The lowest BCUT2D eigenvalue weighted by molar-refractivity contribution is -0.143. The second kappa shape index (κ2) is 6.23. The van der Waals surface area contributed by atoms with Crippen molar-refractivity contribution in [1.29, 1.82) is 0 Å². The molecule has 0 aliphatic rings. The molecule has 1 unspecified atom stereocenters. The zero-order chi connectivity index (χ0) is 14.5. The topological polar surface area (TPSA) is 98.7 Å². The van der Waals surface area contributed by atoms with Gasteiger partial charge >= 0.3 is 12.0 Å². The van der Waals surface area contributed by atoms with Gasteiger partial charge in [0, 0.05) is 20.6 Å². The first-order valence-corrected chi connectivity index (χ1v) is 5.60. The van der Waals surface area contributed by atoms with Gasteiger partial charge in [-0.05, 0) is 13.8 Å². The molecule has 0 aliphatic carbocycles. The van der Waals surface area contributed by atoms with Crippen molar-refractivity contribution in [3.8, 4) is 0 Å². The van der Waals surface area contributed by atoms with Crippen molar-refractivity contribution in [3.63, 3.8) is 0 Å². The highest BCUT2D eigenvalue weighted by atomic mass is 16.4. The van der Waals surface area contributed by atoms with Crippen molar-refractivity contribution >= 4 is 17.9 Å². The molecule has 0 saturated heterocycles. The summed E-state index contributed by atoms with van der Waals surface area (Å²) in [6.07, 6.45) is 0. The molecule has 7 heteroatoms. The number of rotatable bonds is 5. The summed E-state index contributed by atoms with van der Waals surface area (Å²) in [6.45, 7) is 4.68. The fourth-order valence-corrected chi connectivity index (χ4v) is 1.24. The molecule has 3 N–H and O–H groups in total. The first-order valence-electron chi connectivity index (χ1n) is 5.60. The first-order chi connectivity index (χ1) is 8.11. The van der Waals surface area contributed by atoms with Crippen LogP contribution in [0.4, 0.5) is 4.79 Å². The van der Waals surface area contributed by atoms with Crippen LogP contribution in [0.15, 0.2) is 0 Å². The number of nitrogens with zero attached hydrogens (tertiary/aromatic N) is 1. The van der Waals surface area contributed by atoms with Crippen molar-refractivity contribution in [2.75, 3.05) is 20.6 Å². The molecule has 0 aromatic heterocycles. The van der Waals surface area contributed by atoms with Crippen LogP contribution in [0, 0.1) is 5.92 Å². The Morgan fingerprint density at radius 1 is 1.33 bits per heavy atom. The number of carboxylic acid groups (broad SMARTS) is 1. The monoisotopic (exact) mass is 259 g/mol. The summed E-state index contributed by atoms with van der Waals surface area (Å²) >= 11 is 0. The molecule has 0 heterocycles. The van der Waals surface area contributed by atoms with Gasteiger partial charge in [-0.2, -0.15) is 0 Å². The Morgan fingerprint density at radius 3 is 2.22 bits per heavy atom. The van der Waals surface area contributed by atoms with Gasteiger partial charge in [0.05, 0.1) is 5.92 Å². The number of carbonyl (C=O) groups excluding carboxylic acids is 2. The maximum atomic E-state index is 11.7. The van der Waals surface area contributed by atoms with Crippen molar-refractivity contribution in [2.24, 2.45) is 5.92 Å². The van der Waals surface area contributed by atoms with Crippen molar-refractivity contribution in [1.82, 2.24) is 15.5 Å². The molecular weight excluding hydrogens is 238 g/mol. The van der Waals surface area contributed by atoms with E-state index >= 15 is 0 Å². The van der Waals surface area contributed by atoms with Crippen LogP contribution in [0.25, 0.3) is 0 Å². The minimum atomic E-state index is -1.35. The predicted octanol–water partition coefficient (Wildman–Crippen LogP) is -0.127. The predicted molar refractivity (Wildman–Crippen MR) is 66.1 cm³/mol. The van der Waals surface area contributed by atoms with Crippen molar-refractivity contribution in [2.45, 2.75) is 26.3 Å². The second-order valence-corrected chi connectivity index (χ2v) is 4.76. The van der Waals surface area contributed by atoms with E-state index in [1.54, 1.807) is 6.92 Å². The summed E-state index contributed by atoms with van der Waals surface area (Å²) < 4.78 is 0. The number of carbonyl (C=O) groups is 3. The maximum Gasteiger partial charge on any atom is 0.328 e. The number of hydrogen-bond acceptors (Lipinski definition) is 3. The van der Waals surface area contributed by atoms with Gasteiger partial charge in [-0.25, -0.2) is 9.59 Å². The Balaban J connectivity index is 4.45. The third-order valence-corrected chi connectivity index (χ3v) is 2.54. The number of aliphatic carboxylic acids is 1. The number of amides is 3. The zero-order valence-electron chi connectivity index (χ0n) is 11.4. The third kappa shape index (κ3) is 4.60. The van der Waals surface area contributed by atoms with Gasteiger partial charge in [0.15, 0.2) is 0 Å². The summed E-state index contributed by atoms with van der Waals surface area (Å²) in [7, 11) is 3.03. The number of nitrogens with one attached hydrogen (secondary N) is 2. The van der Waals surface area contributed by atoms with E-state index in [9.17, 15) is 14.4 Å². The van der Waals surface area contributed by atoms with Gasteiger partial charge in [0.2, 0.25) is 5.91 Å². The molecule has 0 saturated carbocycles. The summed E-state index contributed by atoms with van der Waals surface area (Å²) in [5.41, 5.74) is -1.35. The smallest absolute Gasteiger partial charge is 0.328 e. The van der Waals surface area contributed by atoms with Gasteiger partial charge in [0.1, 0.15) is 5.54 Å². The van der Waals surface area contributed by atoms with E-state index in [2.05, 4.69) is 10.6 Å². The van der Waals surface area contributed by atoms with Gasteiger partial charge in [-0.15, -0.1) is 0 Å². The largest absolute Gasteiger partial charge is 0.480 e. The molecule has 0 rings (SSSR count). The molecule has 0 spiro atoms. The van der Waals surface area contributed by atoms with Gasteiger partial charge in [0.25, 0.3) is 0 Å². The number of urea groups is 1. The Labute approximate surface area is 107 Å². The van der Waals surface area contributed by atoms with Crippen LogP contribution in [0.1, 0.15) is 20.8 Å². The Bertz CT molecular complexity index is 341. The first kappa shape index (κ1) is 16.2. The van der Waals surface area contributed by atoms with E-state index < -0.39 is 17.5 Å². The van der Waals surface area contributed by atoms with Crippen LogP contribution in [0.2, 0.25) is 0 Å². The Hall–Kier alpha value is -1.79. The number of hydrogen-bond donors (Lipinski definition) is 3. The van der Waals surface area contributed by atoms with Gasteiger partial charge in [-0.3, -0.25) is 4.79 Å². The molecule has 18 heavy (non-hydrogen) atoms. The minimum absolute atomic E-state index is 0.174. The molecule has 0 aromatic rings. The van der Waals surface area contributed by atoms with E-state index in [-0.39, 0.29) is 18.4 Å². The highest BCUT2D eigenvalue weighted by Gasteiger charge is 2.30. The minimum Gasteiger partial charge on any atom is -0.480 e. The van der Waals surface area contributed by atoms with Crippen molar-refractivity contribution in [3.05, 3.63) is 0 Å². The standard InChI is InChI=1S/C11H21N3O4/c1-7(8(15)12-4)6-14(5)10(18)13-11(2,3)9(16)17/h7H,6H2,1-5H3,(H,12,15)(H,13,18)(H,16,17). The normalized spacial score (nSPS) is 12.5. The molecule has 0 radical (unpaired) electrons. The van der Waals surface area contributed by atoms with E-state index in [0.717, 1.165) is 0 Å². The van der Waals surface area contributed by atoms with Crippen LogP contribution in [-0.2, 0) is 9.59 Å². The van der Waals surface area contributed by atoms with Crippen LogP contribution < -0.4 is 10.6 Å². The Kier molecular flexibility index (Phi) is 5.61.